The van der Waals surface area contributed by atoms with Gasteiger partial charge in [-0.2, -0.15) is 5.10 Å². The lowest BCUT2D eigenvalue weighted by Gasteiger charge is -2.22. The van der Waals surface area contributed by atoms with Crippen molar-refractivity contribution in [3.63, 3.8) is 0 Å². The van der Waals surface area contributed by atoms with Crippen LogP contribution in [0.25, 0.3) is 5.69 Å². The number of aryl methyl sites for hydroxylation is 1. The molecule has 5 rings (SSSR count). The molecule has 0 saturated carbocycles. The van der Waals surface area contributed by atoms with Crippen LogP contribution in [0.1, 0.15) is 45.0 Å². The third-order valence-electron chi connectivity index (χ3n) is 6.84. The Kier molecular flexibility index (Phi) is 8.54. The van der Waals surface area contributed by atoms with E-state index in [4.69, 9.17) is 19.3 Å². The summed E-state index contributed by atoms with van der Waals surface area (Å²) in [5.74, 6) is 3.26. The lowest BCUT2D eigenvalue weighted by atomic mass is 9.92. The highest BCUT2D eigenvalue weighted by molar-refractivity contribution is 5.99. The highest BCUT2D eigenvalue weighted by atomic mass is 16.5. The van der Waals surface area contributed by atoms with Gasteiger partial charge in [0, 0.05) is 48.3 Å². The molecule has 1 aliphatic heterocycles. The SMILES string of the molecule is Cc1cc(Oc2ccc(NC(=O)Nc3cc(C(C)(C)C)nn3-c3ccc(OCC4CCOCC4)cc3)cc2)ccn1. The van der Waals surface area contributed by atoms with E-state index in [2.05, 4.69) is 36.4 Å². The summed E-state index contributed by atoms with van der Waals surface area (Å²) in [7, 11) is 0. The van der Waals surface area contributed by atoms with Crippen molar-refractivity contribution in [2.75, 3.05) is 30.5 Å². The van der Waals surface area contributed by atoms with Crippen LogP contribution in [-0.2, 0) is 10.2 Å². The fourth-order valence-corrected chi connectivity index (χ4v) is 4.45. The van der Waals surface area contributed by atoms with Crippen molar-refractivity contribution in [1.82, 2.24) is 14.8 Å². The highest BCUT2D eigenvalue weighted by Gasteiger charge is 2.22. The molecule has 1 saturated heterocycles. The Bertz CT molecular complexity index is 1450. The number of benzene rings is 2. The Morgan fingerprint density at radius 1 is 0.951 bits per heavy atom. The van der Waals surface area contributed by atoms with Crippen LogP contribution in [0.2, 0.25) is 0 Å². The lowest BCUT2D eigenvalue weighted by Crippen LogP contribution is -2.21. The minimum Gasteiger partial charge on any atom is -0.493 e. The summed E-state index contributed by atoms with van der Waals surface area (Å²) >= 11 is 0. The van der Waals surface area contributed by atoms with E-state index in [1.165, 1.54) is 0 Å². The van der Waals surface area contributed by atoms with Crippen LogP contribution in [0, 0.1) is 12.8 Å². The molecule has 41 heavy (non-hydrogen) atoms. The van der Waals surface area contributed by atoms with Gasteiger partial charge >= 0.3 is 6.03 Å². The second-order valence-electron chi connectivity index (χ2n) is 11.3. The number of urea groups is 1. The summed E-state index contributed by atoms with van der Waals surface area (Å²) < 4.78 is 19.1. The lowest BCUT2D eigenvalue weighted by molar-refractivity contribution is 0.0497. The molecule has 2 aromatic carbocycles. The molecular weight excluding hydrogens is 518 g/mol. The number of aromatic nitrogens is 3. The minimum atomic E-state index is -0.374. The zero-order valence-electron chi connectivity index (χ0n) is 24.0. The van der Waals surface area contributed by atoms with Gasteiger partial charge in [-0.3, -0.25) is 10.3 Å². The fourth-order valence-electron chi connectivity index (χ4n) is 4.45. The van der Waals surface area contributed by atoms with Crippen molar-refractivity contribution in [1.29, 1.82) is 0 Å². The molecule has 2 N–H and O–H groups in total. The van der Waals surface area contributed by atoms with Crippen molar-refractivity contribution >= 4 is 17.5 Å². The maximum absolute atomic E-state index is 13.0. The molecule has 0 aliphatic carbocycles. The van der Waals surface area contributed by atoms with Crippen molar-refractivity contribution < 1.29 is 19.0 Å². The van der Waals surface area contributed by atoms with Crippen LogP contribution < -0.4 is 20.1 Å². The standard InChI is InChI=1S/C32H37N5O4/c1-22-19-28(13-16-33-22)41-27-9-5-24(6-10-27)34-31(38)35-30-20-29(32(2,3)4)36-37(30)25-7-11-26(12-8-25)40-21-23-14-17-39-18-15-23/h5-13,16,19-20,23H,14-15,17-18,21H2,1-4H3,(H2,34,35,38). The first-order valence-electron chi connectivity index (χ1n) is 13.9. The molecular formula is C32H37N5O4. The van der Waals surface area contributed by atoms with Gasteiger partial charge in [0.25, 0.3) is 0 Å². The number of hydrogen-bond acceptors (Lipinski definition) is 6. The van der Waals surface area contributed by atoms with Gasteiger partial charge in [0.05, 0.1) is 18.0 Å². The number of carbonyl (C=O) groups excluding carboxylic acids is 1. The molecule has 1 fully saturated rings. The summed E-state index contributed by atoms with van der Waals surface area (Å²) in [4.78, 5) is 17.2. The Hall–Kier alpha value is -4.37. The molecule has 0 radical (unpaired) electrons. The monoisotopic (exact) mass is 555 g/mol. The molecule has 214 valence electrons. The molecule has 0 unspecified atom stereocenters. The zero-order valence-corrected chi connectivity index (χ0v) is 24.0. The number of rotatable bonds is 8. The van der Waals surface area contributed by atoms with E-state index in [0.29, 0.717) is 35.5 Å². The summed E-state index contributed by atoms with van der Waals surface area (Å²) in [5, 5.41) is 10.7. The largest absolute Gasteiger partial charge is 0.493 e. The second kappa shape index (κ2) is 12.4. The first-order valence-corrected chi connectivity index (χ1v) is 13.9. The smallest absolute Gasteiger partial charge is 0.324 e. The molecule has 4 aromatic rings. The van der Waals surface area contributed by atoms with E-state index >= 15 is 0 Å². The molecule has 2 aromatic heterocycles. The predicted molar refractivity (Wildman–Crippen MR) is 159 cm³/mol. The second-order valence-corrected chi connectivity index (χ2v) is 11.3. The summed E-state index contributed by atoms with van der Waals surface area (Å²) in [6.07, 6.45) is 3.76. The molecule has 0 spiro atoms. The van der Waals surface area contributed by atoms with Gasteiger partial charge in [-0.05, 0) is 80.3 Å². The third kappa shape index (κ3) is 7.64. The molecule has 9 heteroatoms. The van der Waals surface area contributed by atoms with E-state index in [1.54, 1.807) is 41.2 Å². The molecule has 9 nitrogen and oxygen atoms in total. The first kappa shape index (κ1) is 28.2. The average Bonchev–Trinajstić information content (AvgIpc) is 3.38. The van der Waals surface area contributed by atoms with Crippen molar-refractivity contribution in [3.8, 4) is 22.9 Å². The Balaban J connectivity index is 1.25. The van der Waals surface area contributed by atoms with E-state index < -0.39 is 0 Å². The number of amides is 2. The third-order valence-corrected chi connectivity index (χ3v) is 6.84. The average molecular weight is 556 g/mol. The van der Waals surface area contributed by atoms with Gasteiger partial charge in [-0.15, -0.1) is 0 Å². The van der Waals surface area contributed by atoms with Crippen LogP contribution in [0.4, 0.5) is 16.3 Å². The van der Waals surface area contributed by atoms with Crippen LogP contribution in [0.5, 0.6) is 17.2 Å². The van der Waals surface area contributed by atoms with E-state index in [0.717, 1.165) is 48.9 Å². The first-order chi connectivity index (χ1) is 19.7. The van der Waals surface area contributed by atoms with E-state index in [9.17, 15) is 4.79 Å². The predicted octanol–water partition coefficient (Wildman–Crippen LogP) is 7.11. The van der Waals surface area contributed by atoms with Crippen molar-refractivity contribution in [3.05, 3.63) is 84.3 Å². The van der Waals surface area contributed by atoms with Crippen LogP contribution in [-0.4, -0.2) is 40.6 Å². The number of nitrogens with zero attached hydrogens (tertiary/aromatic N) is 3. The summed E-state index contributed by atoms with van der Waals surface area (Å²) in [5.41, 5.74) is 2.99. The Morgan fingerprint density at radius 3 is 2.34 bits per heavy atom. The van der Waals surface area contributed by atoms with Crippen molar-refractivity contribution in [2.24, 2.45) is 5.92 Å². The Labute approximate surface area is 240 Å². The number of ether oxygens (including phenoxy) is 3. The number of carbonyl (C=O) groups is 1. The highest BCUT2D eigenvalue weighted by Crippen LogP contribution is 2.28. The normalized spacial score (nSPS) is 14.0. The minimum absolute atomic E-state index is 0.200. The molecule has 3 heterocycles. The van der Waals surface area contributed by atoms with Crippen molar-refractivity contribution in [2.45, 2.75) is 46.0 Å². The zero-order chi connectivity index (χ0) is 28.8. The van der Waals surface area contributed by atoms with Gasteiger partial charge in [-0.1, -0.05) is 20.8 Å². The fraction of sp³-hybridized carbons (Fsp3) is 0.344. The molecule has 1 aliphatic rings. The number of anilines is 2. The quantitative estimate of drug-likeness (QED) is 0.240. The topological polar surface area (TPSA) is 99.5 Å². The molecule has 0 bridgehead atoms. The van der Waals surface area contributed by atoms with Crippen LogP contribution in [0.15, 0.2) is 72.9 Å². The number of nitrogens with one attached hydrogen (secondary N) is 2. The number of pyridine rings is 1. The maximum Gasteiger partial charge on any atom is 0.324 e. The van der Waals surface area contributed by atoms with Gasteiger partial charge in [-0.25, -0.2) is 9.48 Å². The van der Waals surface area contributed by atoms with Gasteiger partial charge in [0.15, 0.2) is 0 Å². The van der Waals surface area contributed by atoms with Gasteiger partial charge in [0.2, 0.25) is 0 Å². The van der Waals surface area contributed by atoms with Gasteiger partial charge in [0.1, 0.15) is 23.1 Å². The van der Waals surface area contributed by atoms with Crippen LogP contribution >= 0.6 is 0 Å². The maximum atomic E-state index is 13.0. The van der Waals surface area contributed by atoms with E-state index in [-0.39, 0.29) is 11.4 Å². The summed E-state index contributed by atoms with van der Waals surface area (Å²) in [6, 6.07) is 20.2. The Morgan fingerprint density at radius 2 is 1.66 bits per heavy atom. The van der Waals surface area contributed by atoms with E-state index in [1.807, 2.05) is 43.3 Å². The number of hydrogen-bond donors (Lipinski definition) is 2. The molecule has 0 atom stereocenters. The van der Waals surface area contributed by atoms with Crippen LogP contribution in [0.3, 0.4) is 0 Å². The summed E-state index contributed by atoms with van der Waals surface area (Å²) in [6.45, 7) is 10.5. The molecule has 2 amide bonds. The van der Waals surface area contributed by atoms with Gasteiger partial charge < -0.3 is 19.5 Å².